The van der Waals surface area contributed by atoms with Gasteiger partial charge in [-0.05, 0) is 11.6 Å². The number of rotatable bonds is 4. The van der Waals surface area contributed by atoms with E-state index < -0.39 is 18.6 Å². The number of nitrogens with two attached hydrogens (primary N) is 1. The predicted octanol–water partition coefficient (Wildman–Crippen LogP) is 3.31. The van der Waals surface area contributed by atoms with E-state index in [0.29, 0.717) is 5.75 Å². The van der Waals surface area contributed by atoms with Crippen molar-refractivity contribution in [1.29, 1.82) is 0 Å². The highest BCUT2D eigenvalue weighted by atomic mass is 35.5. The summed E-state index contributed by atoms with van der Waals surface area (Å²) in [5.74, 6) is 0.514. The maximum absolute atomic E-state index is 12.3. The van der Waals surface area contributed by atoms with Gasteiger partial charge >= 0.3 is 6.18 Å². The molecule has 0 spiro atoms. The Hall–Kier alpha value is -1.14. The molecule has 0 fully saturated rings. The van der Waals surface area contributed by atoms with Crippen molar-refractivity contribution < 1.29 is 22.6 Å². The fourth-order valence-electron chi connectivity index (χ4n) is 1.55. The molecule has 0 bridgehead atoms. The van der Waals surface area contributed by atoms with E-state index in [-0.39, 0.29) is 16.3 Å². The van der Waals surface area contributed by atoms with Crippen molar-refractivity contribution in [2.24, 2.45) is 5.73 Å². The summed E-state index contributed by atoms with van der Waals surface area (Å²) in [6, 6.07) is 1.63. The van der Waals surface area contributed by atoms with E-state index >= 15 is 0 Å². The summed E-state index contributed by atoms with van der Waals surface area (Å²) < 4.78 is 46.8. The summed E-state index contributed by atoms with van der Waals surface area (Å²) in [6.45, 7) is 0. The number of benzene rings is 1. The third kappa shape index (κ3) is 3.43. The SMILES string of the molecule is COc1ccc([C@H](N)CC(F)(F)F)c(Cl)c1OC. The van der Waals surface area contributed by atoms with E-state index in [1.165, 1.54) is 26.4 Å². The number of hydrogen-bond donors (Lipinski definition) is 1. The number of alkyl halides is 3. The van der Waals surface area contributed by atoms with Crippen molar-refractivity contribution in [3.8, 4) is 11.5 Å². The van der Waals surface area contributed by atoms with Crippen molar-refractivity contribution in [2.45, 2.75) is 18.6 Å². The number of hydrogen-bond acceptors (Lipinski definition) is 3. The first-order chi connectivity index (χ1) is 8.30. The molecule has 18 heavy (non-hydrogen) atoms. The predicted molar refractivity (Wildman–Crippen MR) is 62.2 cm³/mol. The zero-order valence-electron chi connectivity index (χ0n) is 9.84. The van der Waals surface area contributed by atoms with Crippen LogP contribution in [0.4, 0.5) is 13.2 Å². The molecule has 3 nitrogen and oxygen atoms in total. The monoisotopic (exact) mass is 283 g/mol. The second-order valence-corrected chi connectivity index (χ2v) is 4.01. The van der Waals surface area contributed by atoms with Gasteiger partial charge in [-0.15, -0.1) is 0 Å². The van der Waals surface area contributed by atoms with Crippen molar-refractivity contribution in [3.05, 3.63) is 22.7 Å². The van der Waals surface area contributed by atoms with Gasteiger partial charge in [0.25, 0.3) is 0 Å². The highest BCUT2D eigenvalue weighted by Gasteiger charge is 2.32. The maximum Gasteiger partial charge on any atom is 0.390 e. The van der Waals surface area contributed by atoms with Gasteiger partial charge in [-0.2, -0.15) is 13.2 Å². The van der Waals surface area contributed by atoms with Crippen LogP contribution in [0.15, 0.2) is 12.1 Å². The standard InChI is InChI=1S/C11H13ClF3NO2/c1-17-8-4-3-6(9(12)10(8)18-2)7(16)5-11(13,14)15/h3-4,7H,5,16H2,1-2H3/t7-/m1/s1. The molecule has 1 atom stereocenters. The Labute approximate surface area is 108 Å². The molecule has 2 N–H and O–H groups in total. The van der Waals surface area contributed by atoms with Crippen LogP contribution in [0, 0.1) is 0 Å². The maximum atomic E-state index is 12.3. The van der Waals surface area contributed by atoms with Gasteiger partial charge in [0.05, 0.1) is 25.7 Å². The molecule has 0 radical (unpaired) electrons. The van der Waals surface area contributed by atoms with Crippen LogP contribution >= 0.6 is 11.6 Å². The molecule has 0 aliphatic carbocycles. The first kappa shape index (κ1) is 14.9. The summed E-state index contributed by atoms with van der Waals surface area (Å²) in [6.07, 6.45) is -5.50. The zero-order chi connectivity index (χ0) is 13.9. The highest BCUT2D eigenvalue weighted by molar-refractivity contribution is 6.33. The van der Waals surface area contributed by atoms with Gasteiger partial charge < -0.3 is 15.2 Å². The third-order valence-corrected chi connectivity index (χ3v) is 2.76. The molecule has 0 aliphatic rings. The van der Waals surface area contributed by atoms with E-state index in [2.05, 4.69) is 0 Å². The van der Waals surface area contributed by atoms with Crippen LogP contribution in [0.3, 0.4) is 0 Å². The summed E-state index contributed by atoms with van der Waals surface area (Å²) >= 11 is 5.96. The highest BCUT2D eigenvalue weighted by Crippen LogP contribution is 2.41. The molecule has 0 unspecified atom stereocenters. The Morgan fingerprint density at radius 3 is 2.33 bits per heavy atom. The van der Waals surface area contributed by atoms with Crippen LogP contribution in [-0.2, 0) is 0 Å². The molecule has 0 heterocycles. The van der Waals surface area contributed by atoms with E-state index in [0.717, 1.165) is 0 Å². The average Bonchev–Trinajstić information content (AvgIpc) is 2.25. The molecular weight excluding hydrogens is 271 g/mol. The third-order valence-electron chi connectivity index (χ3n) is 2.37. The summed E-state index contributed by atoms with van der Waals surface area (Å²) in [5.41, 5.74) is 5.67. The lowest BCUT2D eigenvalue weighted by atomic mass is 10.0. The van der Waals surface area contributed by atoms with Crippen LogP contribution in [0.2, 0.25) is 5.02 Å². The van der Waals surface area contributed by atoms with Crippen molar-refractivity contribution in [1.82, 2.24) is 0 Å². The molecule has 0 saturated heterocycles. The fourth-order valence-corrected chi connectivity index (χ4v) is 1.92. The van der Waals surface area contributed by atoms with Crippen molar-refractivity contribution in [3.63, 3.8) is 0 Å². The minimum absolute atomic E-state index is 0.0357. The Balaban J connectivity index is 3.11. The second-order valence-electron chi connectivity index (χ2n) is 3.63. The summed E-state index contributed by atoms with van der Waals surface area (Å²) in [4.78, 5) is 0. The molecule has 0 aliphatic heterocycles. The van der Waals surface area contributed by atoms with Gasteiger partial charge in [-0.1, -0.05) is 17.7 Å². The largest absolute Gasteiger partial charge is 0.493 e. The number of ether oxygens (including phenoxy) is 2. The lowest BCUT2D eigenvalue weighted by Crippen LogP contribution is -2.20. The van der Waals surface area contributed by atoms with E-state index in [1.54, 1.807) is 0 Å². The van der Waals surface area contributed by atoms with E-state index in [9.17, 15) is 13.2 Å². The molecule has 7 heteroatoms. The van der Waals surface area contributed by atoms with Gasteiger partial charge in [0.15, 0.2) is 11.5 Å². The zero-order valence-corrected chi connectivity index (χ0v) is 10.6. The Kier molecular flexibility index (Phi) is 4.70. The molecular formula is C11H13ClF3NO2. The first-order valence-corrected chi connectivity index (χ1v) is 5.40. The van der Waals surface area contributed by atoms with Crippen molar-refractivity contribution in [2.75, 3.05) is 14.2 Å². The first-order valence-electron chi connectivity index (χ1n) is 5.03. The van der Waals surface area contributed by atoms with E-state index in [4.69, 9.17) is 26.8 Å². The molecule has 0 saturated carbocycles. The topological polar surface area (TPSA) is 44.5 Å². The fraction of sp³-hybridized carbons (Fsp3) is 0.455. The van der Waals surface area contributed by atoms with Gasteiger partial charge in [-0.25, -0.2) is 0 Å². The molecule has 1 rings (SSSR count). The van der Waals surface area contributed by atoms with Crippen LogP contribution < -0.4 is 15.2 Å². The summed E-state index contributed by atoms with van der Waals surface area (Å²) in [7, 11) is 2.76. The molecule has 0 aromatic heterocycles. The minimum Gasteiger partial charge on any atom is -0.493 e. The summed E-state index contributed by atoms with van der Waals surface area (Å²) in [5, 5.41) is 0.0357. The molecule has 1 aromatic carbocycles. The number of halogens is 4. The van der Waals surface area contributed by atoms with Gasteiger partial charge in [0, 0.05) is 6.04 Å². The van der Waals surface area contributed by atoms with Crippen molar-refractivity contribution >= 4 is 11.6 Å². The van der Waals surface area contributed by atoms with Crippen LogP contribution in [-0.4, -0.2) is 20.4 Å². The number of methoxy groups -OCH3 is 2. The smallest absolute Gasteiger partial charge is 0.390 e. The molecule has 102 valence electrons. The second kappa shape index (κ2) is 5.67. The van der Waals surface area contributed by atoms with Gasteiger partial charge in [-0.3, -0.25) is 0 Å². The molecule has 1 aromatic rings. The minimum atomic E-state index is -4.35. The quantitative estimate of drug-likeness (QED) is 0.922. The Morgan fingerprint density at radius 1 is 1.28 bits per heavy atom. The van der Waals surface area contributed by atoms with Crippen LogP contribution in [0.5, 0.6) is 11.5 Å². The molecule has 0 amide bonds. The Bertz CT molecular complexity index is 423. The normalized spacial score (nSPS) is 13.3. The average molecular weight is 284 g/mol. The van der Waals surface area contributed by atoms with Gasteiger partial charge in [0.2, 0.25) is 0 Å². The van der Waals surface area contributed by atoms with Crippen LogP contribution in [0.25, 0.3) is 0 Å². The van der Waals surface area contributed by atoms with Crippen LogP contribution in [0.1, 0.15) is 18.0 Å². The Morgan fingerprint density at radius 2 is 1.89 bits per heavy atom. The lowest BCUT2D eigenvalue weighted by molar-refractivity contribution is -0.138. The van der Waals surface area contributed by atoms with E-state index in [1.807, 2.05) is 0 Å². The lowest BCUT2D eigenvalue weighted by Gasteiger charge is -2.18. The van der Waals surface area contributed by atoms with Gasteiger partial charge in [0.1, 0.15) is 0 Å².